The van der Waals surface area contributed by atoms with E-state index in [0.29, 0.717) is 0 Å². The monoisotopic (exact) mass is 267 g/mol. The predicted molar refractivity (Wildman–Crippen MR) is 54.7 cm³/mol. The zero-order valence-corrected chi connectivity index (χ0v) is 9.95. The van der Waals surface area contributed by atoms with Crippen molar-refractivity contribution in [3.05, 3.63) is 0 Å². The van der Waals surface area contributed by atoms with Gasteiger partial charge in [0.05, 0.1) is 13.7 Å². The van der Waals surface area contributed by atoms with E-state index in [1.807, 2.05) is 4.72 Å². The second-order valence-electron chi connectivity index (χ2n) is 3.63. The Bertz CT molecular complexity index is 410. The number of esters is 1. The molecule has 98 valence electrons. The van der Waals surface area contributed by atoms with E-state index >= 15 is 0 Å². The maximum atomic E-state index is 11.5. The Balaban J connectivity index is 2.81. The molecule has 1 saturated heterocycles. The van der Waals surface area contributed by atoms with Crippen molar-refractivity contribution < 1.29 is 32.6 Å². The minimum absolute atomic E-state index is 0.0166. The summed E-state index contributed by atoms with van der Waals surface area (Å²) in [6.07, 6.45) is 0.0166. The number of carbonyl (C=O) groups excluding carboxylic acids is 1. The SMILES string of the molecule is COC(=O)CS(=O)(=O)NC1(C(=O)O)CCOC1. The number of hydrogen-bond acceptors (Lipinski definition) is 6. The molecule has 0 spiro atoms. The van der Waals surface area contributed by atoms with E-state index in [-0.39, 0.29) is 19.6 Å². The number of carboxylic acids is 1. The lowest BCUT2D eigenvalue weighted by Gasteiger charge is -2.22. The lowest BCUT2D eigenvalue weighted by Crippen LogP contribution is -2.56. The molecule has 1 fully saturated rings. The highest BCUT2D eigenvalue weighted by Gasteiger charge is 2.46. The number of carboxylic acid groups (broad SMARTS) is 1. The molecule has 17 heavy (non-hydrogen) atoms. The number of aliphatic carboxylic acids is 1. The van der Waals surface area contributed by atoms with E-state index in [1.165, 1.54) is 0 Å². The fourth-order valence-electron chi connectivity index (χ4n) is 1.41. The first-order valence-electron chi connectivity index (χ1n) is 4.71. The van der Waals surface area contributed by atoms with Gasteiger partial charge >= 0.3 is 11.9 Å². The highest BCUT2D eigenvalue weighted by atomic mass is 32.2. The highest BCUT2D eigenvalue weighted by molar-refractivity contribution is 7.90. The smallest absolute Gasteiger partial charge is 0.327 e. The normalized spacial score (nSPS) is 24.5. The van der Waals surface area contributed by atoms with E-state index < -0.39 is 33.3 Å². The lowest BCUT2D eigenvalue weighted by molar-refractivity contribution is -0.144. The van der Waals surface area contributed by atoms with Crippen LogP contribution in [0.4, 0.5) is 0 Å². The summed E-state index contributed by atoms with van der Waals surface area (Å²) < 4.78 is 34.1. The molecule has 1 aliphatic heterocycles. The van der Waals surface area contributed by atoms with Gasteiger partial charge in [0, 0.05) is 13.0 Å². The maximum absolute atomic E-state index is 11.5. The molecule has 0 saturated carbocycles. The second kappa shape index (κ2) is 4.98. The molecule has 1 aliphatic rings. The molecule has 9 heteroatoms. The van der Waals surface area contributed by atoms with Crippen molar-refractivity contribution in [1.29, 1.82) is 0 Å². The molecule has 0 radical (unpaired) electrons. The first-order chi connectivity index (χ1) is 7.81. The summed E-state index contributed by atoms with van der Waals surface area (Å²) in [4.78, 5) is 21.9. The van der Waals surface area contributed by atoms with Crippen LogP contribution < -0.4 is 4.72 Å². The lowest BCUT2D eigenvalue weighted by atomic mass is 10.0. The topological polar surface area (TPSA) is 119 Å². The minimum atomic E-state index is -4.07. The van der Waals surface area contributed by atoms with Crippen LogP contribution in [0.25, 0.3) is 0 Å². The Morgan fingerprint density at radius 3 is 2.59 bits per heavy atom. The van der Waals surface area contributed by atoms with Gasteiger partial charge in [0.1, 0.15) is 0 Å². The Labute approximate surface area is 97.9 Å². The van der Waals surface area contributed by atoms with Crippen LogP contribution in [0.5, 0.6) is 0 Å². The Morgan fingerprint density at radius 2 is 2.18 bits per heavy atom. The molecule has 0 aromatic rings. The third-order valence-electron chi connectivity index (χ3n) is 2.32. The van der Waals surface area contributed by atoms with E-state index in [2.05, 4.69) is 4.74 Å². The summed E-state index contributed by atoms with van der Waals surface area (Å²) >= 11 is 0. The summed E-state index contributed by atoms with van der Waals surface area (Å²) in [5, 5.41) is 9.00. The third kappa shape index (κ3) is 3.38. The molecule has 2 N–H and O–H groups in total. The zero-order valence-electron chi connectivity index (χ0n) is 9.13. The maximum Gasteiger partial charge on any atom is 0.327 e. The first kappa shape index (κ1) is 13.9. The van der Waals surface area contributed by atoms with Crippen LogP contribution in [-0.2, 0) is 29.1 Å². The van der Waals surface area contributed by atoms with E-state index in [9.17, 15) is 18.0 Å². The minimum Gasteiger partial charge on any atom is -0.480 e. The molecule has 1 rings (SSSR count). The van der Waals surface area contributed by atoms with Crippen LogP contribution >= 0.6 is 0 Å². The largest absolute Gasteiger partial charge is 0.480 e. The van der Waals surface area contributed by atoms with Gasteiger partial charge in [0.2, 0.25) is 10.0 Å². The molecule has 1 unspecified atom stereocenters. The number of sulfonamides is 1. The van der Waals surface area contributed by atoms with Crippen molar-refractivity contribution in [2.24, 2.45) is 0 Å². The van der Waals surface area contributed by atoms with Gasteiger partial charge < -0.3 is 14.6 Å². The summed E-state index contributed by atoms with van der Waals surface area (Å²) in [7, 11) is -3.02. The van der Waals surface area contributed by atoms with E-state index in [4.69, 9.17) is 9.84 Å². The van der Waals surface area contributed by atoms with Crippen LogP contribution in [0.3, 0.4) is 0 Å². The van der Waals surface area contributed by atoms with Gasteiger partial charge in [0.25, 0.3) is 0 Å². The molecular weight excluding hydrogens is 254 g/mol. The third-order valence-corrected chi connectivity index (χ3v) is 3.63. The van der Waals surface area contributed by atoms with Crippen molar-refractivity contribution in [2.75, 3.05) is 26.1 Å². The molecule has 0 aromatic heterocycles. The van der Waals surface area contributed by atoms with Gasteiger partial charge in [-0.2, -0.15) is 4.72 Å². The standard InChI is InChI=1S/C8H13NO7S/c1-15-6(10)4-17(13,14)9-8(7(11)12)2-3-16-5-8/h9H,2-5H2,1H3,(H,11,12). The Hall–Kier alpha value is -1.19. The summed E-state index contributed by atoms with van der Waals surface area (Å²) in [6, 6.07) is 0. The molecule has 8 nitrogen and oxygen atoms in total. The van der Waals surface area contributed by atoms with Crippen LogP contribution in [0, 0.1) is 0 Å². The van der Waals surface area contributed by atoms with Crippen molar-refractivity contribution >= 4 is 22.0 Å². The van der Waals surface area contributed by atoms with Crippen molar-refractivity contribution in [3.8, 4) is 0 Å². The molecule has 0 aliphatic carbocycles. The molecule has 1 atom stereocenters. The number of ether oxygens (including phenoxy) is 2. The van der Waals surface area contributed by atoms with Gasteiger partial charge in [-0.05, 0) is 0 Å². The number of hydrogen-bond donors (Lipinski definition) is 2. The number of methoxy groups -OCH3 is 1. The fourth-order valence-corrected chi connectivity index (χ4v) is 2.75. The van der Waals surface area contributed by atoms with Gasteiger partial charge in [-0.15, -0.1) is 0 Å². The van der Waals surface area contributed by atoms with Crippen molar-refractivity contribution in [1.82, 2.24) is 4.72 Å². The highest BCUT2D eigenvalue weighted by Crippen LogP contribution is 2.20. The summed E-state index contributed by atoms with van der Waals surface area (Å²) in [5.74, 6) is -3.21. The number of nitrogens with one attached hydrogen (secondary N) is 1. The van der Waals surface area contributed by atoms with Gasteiger partial charge in [-0.1, -0.05) is 0 Å². The Morgan fingerprint density at radius 1 is 1.53 bits per heavy atom. The quantitative estimate of drug-likeness (QED) is 0.571. The van der Waals surface area contributed by atoms with Crippen LogP contribution in [-0.4, -0.2) is 57.1 Å². The van der Waals surface area contributed by atoms with Gasteiger partial charge in [0.15, 0.2) is 11.3 Å². The Kier molecular flexibility index (Phi) is 4.07. The molecular formula is C8H13NO7S. The number of carbonyl (C=O) groups is 2. The average Bonchev–Trinajstić information content (AvgIpc) is 2.65. The van der Waals surface area contributed by atoms with E-state index in [1.54, 1.807) is 0 Å². The van der Waals surface area contributed by atoms with Crippen molar-refractivity contribution in [2.45, 2.75) is 12.0 Å². The molecule has 0 bridgehead atoms. The average molecular weight is 267 g/mol. The van der Waals surface area contributed by atoms with Crippen molar-refractivity contribution in [3.63, 3.8) is 0 Å². The van der Waals surface area contributed by atoms with Crippen LogP contribution in [0.2, 0.25) is 0 Å². The van der Waals surface area contributed by atoms with Crippen LogP contribution in [0.15, 0.2) is 0 Å². The van der Waals surface area contributed by atoms with Crippen LogP contribution in [0.1, 0.15) is 6.42 Å². The molecule has 1 heterocycles. The second-order valence-corrected chi connectivity index (χ2v) is 5.35. The van der Waals surface area contributed by atoms with Gasteiger partial charge in [-0.25, -0.2) is 8.42 Å². The molecule has 0 aromatic carbocycles. The summed E-state index contributed by atoms with van der Waals surface area (Å²) in [6.45, 7) is -0.115. The van der Waals surface area contributed by atoms with E-state index in [0.717, 1.165) is 7.11 Å². The summed E-state index contributed by atoms with van der Waals surface area (Å²) in [5.41, 5.74) is -1.69. The predicted octanol–water partition coefficient (Wildman–Crippen LogP) is -1.68. The zero-order chi connectivity index (χ0) is 13.1. The fraction of sp³-hybridized carbons (Fsp3) is 0.750. The molecule has 0 amide bonds. The van der Waals surface area contributed by atoms with Gasteiger partial charge in [-0.3, -0.25) is 9.59 Å². The first-order valence-corrected chi connectivity index (χ1v) is 6.36. The number of rotatable bonds is 5.